The Morgan fingerprint density at radius 1 is 1.00 bits per heavy atom. The maximum atomic E-state index is 13.5. The molecule has 1 fully saturated rings. The summed E-state index contributed by atoms with van der Waals surface area (Å²) in [5.74, 6) is -1.60. The molecule has 9 heteroatoms. The number of nitrogens with zero attached hydrogens (tertiary/aromatic N) is 2. The fraction of sp³-hybridized carbons (Fsp3) is 0.214. The average molecular weight is 520 g/mol. The van der Waals surface area contributed by atoms with E-state index in [1.165, 1.54) is 29.2 Å². The fourth-order valence-electron chi connectivity index (χ4n) is 4.10. The van der Waals surface area contributed by atoms with E-state index in [4.69, 9.17) is 17.0 Å². The monoisotopic (exact) mass is 519 g/mol. The Bertz CT molecular complexity index is 1280. The summed E-state index contributed by atoms with van der Waals surface area (Å²) >= 11 is 5.65. The Balaban J connectivity index is 1.50. The van der Waals surface area contributed by atoms with Gasteiger partial charge in [-0.3, -0.25) is 14.5 Å². The van der Waals surface area contributed by atoms with Crippen molar-refractivity contribution in [2.75, 3.05) is 23.4 Å². The minimum absolute atomic E-state index is 0.134. The van der Waals surface area contributed by atoms with Crippen molar-refractivity contribution in [3.8, 4) is 0 Å². The van der Waals surface area contributed by atoms with Gasteiger partial charge in [-0.1, -0.05) is 30.3 Å². The first-order valence-corrected chi connectivity index (χ1v) is 12.3. The average Bonchev–Trinajstić information content (AvgIpc) is 3.12. The zero-order chi connectivity index (χ0) is 26.4. The Morgan fingerprint density at radius 3 is 2.32 bits per heavy atom. The van der Waals surface area contributed by atoms with Gasteiger partial charge in [-0.25, -0.2) is 9.18 Å². The molecular weight excluding hydrogens is 493 g/mol. The van der Waals surface area contributed by atoms with Crippen molar-refractivity contribution in [3.63, 3.8) is 0 Å². The summed E-state index contributed by atoms with van der Waals surface area (Å²) in [5, 5.41) is 3.05. The van der Waals surface area contributed by atoms with Crippen LogP contribution in [-0.4, -0.2) is 47.0 Å². The maximum absolute atomic E-state index is 13.5. The zero-order valence-corrected chi connectivity index (χ0v) is 21.0. The van der Waals surface area contributed by atoms with Crippen molar-refractivity contribution in [1.82, 2.24) is 4.90 Å². The number of halogens is 1. The lowest BCUT2D eigenvalue weighted by Crippen LogP contribution is -2.39. The minimum atomic E-state index is -0.819. The molecule has 0 saturated carbocycles. The number of carbonyl (C=O) groups excluding carboxylic acids is 3. The summed E-state index contributed by atoms with van der Waals surface area (Å²) in [6.45, 7) is 2.42. The molecule has 4 rings (SSSR count). The molecule has 3 aromatic carbocycles. The van der Waals surface area contributed by atoms with E-state index in [1.54, 1.807) is 36.1 Å². The second-order valence-corrected chi connectivity index (χ2v) is 8.79. The molecule has 1 heterocycles. The first-order valence-electron chi connectivity index (χ1n) is 11.9. The van der Waals surface area contributed by atoms with Crippen LogP contribution in [0.15, 0.2) is 78.9 Å². The number of esters is 1. The van der Waals surface area contributed by atoms with E-state index in [9.17, 15) is 18.8 Å². The number of hydrogen-bond donors (Lipinski definition) is 1. The second-order valence-electron chi connectivity index (χ2n) is 8.43. The van der Waals surface area contributed by atoms with Gasteiger partial charge in [-0.15, -0.1) is 0 Å². The molecule has 37 heavy (non-hydrogen) atoms. The van der Waals surface area contributed by atoms with Crippen LogP contribution < -0.4 is 10.2 Å². The van der Waals surface area contributed by atoms with E-state index in [0.29, 0.717) is 29.9 Å². The normalized spacial score (nSPS) is 15.1. The summed E-state index contributed by atoms with van der Waals surface area (Å²) in [7, 11) is 0. The highest BCUT2D eigenvalue weighted by Crippen LogP contribution is 2.28. The SMILES string of the molecule is CCOC(=O)c1ccc(NC(=O)CC2C(=O)N(c3ccc(F)cc3)C(=S)N2CCc2ccccc2)cc1. The van der Waals surface area contributed by atoms with Crippen LogP contribution in [0.3, 0.4) is 0 Å². The number of benzene rings is 3. The van der Waals surface area contributed by atoms with Crippen molar-refractivity contribution >= 4 is 46.5 Å². The zero-order valence-electron chi connectivity index (χ0n) is 20.2. The standard InChI is InChI=1S/C28H26FN3O4S/c1-2-36-27(35)20-8-12-22(13-9-20)30-25(33)18-24-26(34)32(23-14-10-21(29)11-15-23)28(37)31(24)17-16-19-6-4-3-5-7-19/h3-15,24H,2,16-18H2,1H3,(H,30,33). The summed E-state index contributed by atoms with van der Waals surface area (Å²) in [5.41, 5.74) is 2.37. The largest absolute Gasteiger partial charge is 0.462 e. The topological polar surface area (TPSA) is 78.9 Å². The number of nitrogens with one attached hydrogen (secondary N) is 1. The lowest BCUT2D eigenvalue weighted by molar-refractivity contribution is -0.124. The third-order valence-corrected chi connectivity index (χ3v) is 6.36. The predicted octanol–water partition coefficient (Wildman–Crippen LogP) is 4.58. The van der Waals surface area contributed by atoms with Crippen molar-refractivity contribution in [2.45, 2.75) is 25.8 Å². The van der Waals surface area contributed by atoms with Gasteiger partial charge in [-0.2, -0.15) is 0 Å². The molecule has 0 aromatic heterocycles. The maximum Gasteiger partial charge on any atom is 0.338 e. The third kappa shape index (κ3) is 6.18. The molecule has 1 N–H and O–H groups in total. The highest BCUT2D eigenvalue weighted by molar-refractivity contribution is 7.80. The number of hydrogen-bond acceptors (Lipinski definition) is 5. The smallest absolute Gasteiger partial charge is 0.338 e. The van der Waals surface area contributed by atoms with Crippen LogP contribution in [0.1, 0.15) is 29.3 Å². The van der Waals surface area contributed by atoms with Crippen molar-refractivity contribution in [2.24, 2.45) is 0 Å². The Labute approximate surface area is 219 Å². The van der Waals surface area contributed by atoms with Gasteiger partial charge in [0.05, 0.1) is 24.3 Å². The van der Waals surface area contributed by atoms with Crippen LogP contribution in [-0.2, 0) is 20.7 Å². The quantitative estimate of drug-likeness (QED) is 0.330. The molecule has 1 aliphatic heterocycles. The highest BCUT2D eigenvalue weighted by Gasteiger charge is 2.43. The highest BCUT2D eigenvalue weighted by atomic mass is 32.1. The number of carbonyl (C=O) groups is 3. The Kier molecular flexibility index (Phi) is 8.25. The predicted molar refractivity (Wildman–Crippen MR) is 143 cm³/mol. The molecule has 7 nitrogen and oxygen atoms in total. The summed E-state index contributed by atoms with van der Waals surface area (Å²) in [4.78, 5) is 41.4. The molecule has 1 unspecified atom stereocenters. The molecule has 2 amide bonds. The van der Waals surface area contributed by atoms with Gasteiger partial charge >= 0.3 is 5.97 Å². The van der Waals surface area contributed by atoms with Gasteiger partial charge in [0.15, 0.2) is 5.11 Å². The Hall–Kier alpha value is -4.11. The van der Waals surface area contributed by atoms with Crippen molar-refractivity contribution in [1.29, 1.82) is 0 Å². The number of ether oxygens (including phenoxy) is 1. The lowest BCUT2D eigenvalue weighted by Gasteiger charge is -2.24. The number of rotatable bonds is 9. The van der Waals surface area contributed by atoms with Gasteiger partial charge in [0.25, 0.3) is 5.91 Å². The molecule has 0 radical (unpaired) electrons. The second kappa shape index (κ2) is 11.7. The molecule has 1 atom stereocenters. The van der Waals surface area contributed by atoms with Gasteiger partial charge in [0.1, 0.15) is 11.9 Å². The molecule has 190 valence electrons. The van der Waals surface area contributed by atoms with Gasteiger partial charge in [0, 0.05) is 12.2 Å². The van der Waals surface area contributed by atoms with E-state index in [-0.39, 0.29) is 30.0 Å². The molecule has 3 aromatic rings. The van der Waals surface area contributed by atoms with Crippen LogP contribution in [0.2, 0.25) is 0 Å². The van der Waals surface area contributed by atoms with E-state index in [1.807, 2.05) is 30.3 Å². The first kappa shape index (κ1) is 26.0. The van der Waals surface area contributed by atoms with Gasteiger partial charge < -0.3 is 15.0 Å². The van der Waals surface area contributed by atoms with Crippen LogP contribution in [0.5, 0.6) is 0 Å². The summed E-state index contributed by atoms with van der Waals surface area (Å²) in [6, 6.07) is 20.8. The summed E-state index contributed by atoms with van der Waals surface area (Å²) in [6.07, 6.45) is 0.490. The molecule has 1 saturated heterocycles. The van der Waals surface area contributed by atoms with Crippen LogP contribution in [0.4, 0.5) is 15.8 Å². The van der Waals surface area contributed by atoms with Gasteiger partial charge in [0.2, 0.25) is 5.91 Å². The summed E-state index contributed by atoms with van der Waals surface area (Å²) < 4.78 is 18.5. The molecular formula is C28H26FN3O4S. The van der Waals surface area contributed by atoms with E-state index < -0.39 is 17.8 Å². The minimum Gasteiger partial charge on any atom is -0.462 e. The number of anilines is 2. The van der Waals surface area contributed by atoms with Crippen LogP contribution >= 0.6 is 12.2 Å². The Morgan fingerprint density at radius 2 is 1.68 bits per heavy atom. The van der Waals surface area contributed by atoms with Gasteiger partial charge in [-0.05, 0) is 79.7 Å². The fourth-order valence-corrected chi connectivity index (χ4v) is 4.52. The lowest BCUT2D eigenvalue weighted by atomic mass is 10.1. The molecule has 0 bridgehead atoms. The number of thiocarbonyl (C=S) groups is 1. The van der Waals surface area contributed by atoms with Crippen molar-refractivity contribution < 1.29 is 23.5 Å². The van der Waals surface area contributed by atoms with E-state index >= 15 is 0 Å². The van der Waals surface area contributed by atoms with Crippen LogP contribution in [0, 0.1) is 5.82 Å². The van der Waals surface area contributed by atoms with E-state index in [2.05, 4.69) is 5.32 Å². The first-order chi connectivity index (χ1) is 17.9. The number of amides is 2. The van der Waals surface area contributed by atoms with E-state index in [0.717, 1.165) is 5.56 Å². The molecule has 0 spiro atoms. The van der Waals surface area contributed by atoms with Crippen molar-refractivity contribution in [3.05, 3.63) is 95.8 Å². The van der Waals surface area contributed by atoms with Crippen LogP contribution in [0.25, 0.3) is 0 Å². The molecule has 1 aliphatic rings. The molecule has 0 aliphatic carbocycles. The third-order valence-electron chi connectivity index (χ3n) is 5.95.